The molecule has 1 aliphatic rings. The van der Waals surface area contributed by atoms with Crippen LogP contribution in [0.25, 0.3) is 0 Å². The van der Waals surface area contributed by atoms with Gasteiger partial charge in [0.15, 0.2) is 0 Å². The summed E-state index contributed by atoms with van der Waals surface area (Å²) in [5, 5.41) is 0. The molecule has 76 valence electrons. The second-order valence-electron chi connectivity index (χ2n) is 3.76. The van der Waals surface area contributed by atoms with Gasteiger partial charge >= 0.3 is 0 Å². The van der Waals surface area contributed by atoms with Crippen molar-refractivity contribution in [3.05, 3.63) is 18.4 Å². The van der Waals surface area contributed by atoms with Crippen LogP contribution in [0.5, 0.6) is 0 Å². The Morgan fingerprint density at radius 1 is 1.57 bits per heavy atom. The highest BCUT2D eigenvalue weighted by Gasteiger charge is 2.18. The first-order valence-corrected chi connectivity index (χ1v) is 5.02. The van der Waals surface area contributed by atoms with Crippen LogP contribution in [-0.4, -0.2) is 17.6 Å². The standard InChI is InChI=1S/C11H17N3/c1-9-4-2-3-5-14(9)11-6-10(12)7-13-8-11/h6-9H,2-5,12H2,1H3/i6D,7D,8D. The Labute approximate surface area is 89.1 Å². The summed E-state index contributed by atoms with van der Waals surface area (Å²) in [6, 6.07) is 0.374. The Morgan fingerprint density at radius 2 is 2.43 bits per heavy atom. The summed E-state index contributed by atoms with van der Waals surface area (Å²) in [4.78, 5) is 5.82. The lowest BCUT2D eigenvalue weighted by atomic mass is 10.0. The molecule has 1 unspecified atom stereocenters. The molecule has 1 saturated heterocycles. The van der Waals surface area contributed by atoms with Crippen LogP contribution in [0.4, 0.5) is 11.4 Å². The number of rotatable bonds is 1. The summed E-state index contributed by atoms with van der Waals surface area (Å²) < 4.78 is 23.3. The molecule has 2 heterocycles. The summed E-state index contributed by atoms with van der Waals surface area (Å²) in [6.45, 7) is 2.92. The summed E-state index contributed by atoms with van der Waals surface area (Å²) >= 11 is 0. The molecule has 3 heteroatoms. The first-order chi connectivity index (χ1) is 8.02. The third kappa shape index (κ3) is 1.81. The van der Waals surface area contributed by atoms with Crippen LogP contribution in [0.3, 0.4) is 0 Å². The fraction of sp³-hybridized carbons (Fsp3) is 0.545. The third-order valence-electron chi connectivity index (χ3n) is 2.68. The van der Waals surface area contributed by atoms with Crippen LogP contribution in [0.15, 0.2) is 18.4 Å². The quantitative estimate of drug-likeness (QED) is 0.744. The number of anilines is 2. The molecule has 0 bridgehead atoms. The topological polar surface area (TPSA) is 42.2 Å². The zero-order chi connectivity index (χ0) is 12.6. The number of hydrogen-bond donors (Lipinski definition) is 1. The molecule has 2 rings (SSSR count). The maximum absolute atomic E-state index is 7.96. The maximum Gasteiger partial charge on any atom is 0.0862 e. The van der Waals surface area contributed by atoms with Gasteiger partial charge in [0.1, 0.15) is 0 Å². The van der Waals surface area contributed by atoms with Crippen LogP contribution < -0.4 is 10.6 Å². The summed E-state index contributed by atoms with van der Waals surface area (Å²) in [6.07, 6.45) is 3.11. The van der Waals surface area contributed by atoms with Crippen LogP contribution in [0.1, 0.15) is 30.3 Å². The van der Waals surface area contributed by atoms with Crippen LogP contribution in [-0.2, 0) is 0 Å². The predicted molar refractivity (Wildman–Crippen MR) is 59.3 cm³/mol. The van der Waals surface area contributed by atoms with E-state index >= 15 is 0 Å². The molecule has 1 aromatic heterocycles. The van der Waals surface area contributed by atoms with Gasteiger partial charge in [-0.1, -0.05) is 0 Å². The highest BCUT2D eigenvalue weighted by molar-refractivity contribution is 5.54. The van der Waals surface area contributed by atoms with E-state index in [1.165, 1.54) is 6.42 Å². The predicted octanol–water partition coefficient (Wildman–Crippen LogP) is 2.04. The number of pyridine rings is 1. The largest absolute Gasteiger partial charge is 0.397 e. The molecule has 1 aliphatic heterocycles. The molecule has 14 heavy (non-hydrogen) atoms. The smallest absolute Gasteiger partial charge is 0.0862 e. The molecule has 2 N–H and O–H groups in total. The highest BCUT2D eigenvalue weighted by Crippen LogP contribution is 2.24. The third-order valence-corrected chi connectivity index (χ3v) is 2.68. The Hall–Kier alpha value is -1.25. The van der Waals surface area contributed by atoms with Gasteiger partial charge in [-0.05, 0) is 32.2 Å². The van der Waals surface area contributed by atoms with Crippen molar-refractivity contribution in [1.82, 2.24) is 4.98 Å². The molecule has 0 spiro atoms. The second kappa shape index (κ2) is 3.86. The van der Waals surface area contributed by atoms with Crippen molar-refractivity contribution in [3.63, 3.8) is 0 Å². The average Bonchev–Trinajstić information content (AvgIpc) is 2.29. The lowest BCUT2D eigenvalue weighted by molar-refractivity contribution is 0.484. The van der Waals surface area contributed by atoms with Gasteiger partial charge in [0.05, 0.1) is 21.7 Å². The molecule has 1 fully saturated rings. The van der Waals surface area contributed by atoms with E-state index in [1.54, 1.807) is 0 Å². The second-order valence-corrected chi connectivity index (χ2v) is 3.76. The molecule has 3 nitrogen and oxygen atoms in total. The highest BCUT2D eigenvalue weighted by atomic mass is 15.2. The van der Waals surface area contributed by atoms with E-state index in [-0.39, 0.29) is 24.1 Å². The van der Waals surface area contributed by atoms with Crippen LogP contribution in [0.2, 0.25) is 0 Å². The van der Waals surface area contributed by atoms with E-state index < -0.39 is 0 Å². The van der Waals surface area contributed by atoms with Crippen molar-refractivity contribution in [1.29, 1.82) is 0 Å². The van der Waals surface area contributed by atoms with Crippen molar-refractivity contribution >= 4 is 11.4 Å². The van der Waals surface area contributed by atoms with Gasteiger partial charge in [0.25, 0.3) is 0 Å². The lowest BCUT2D eigenvalue weighted by Gasteiger charge is -2.35. The van der Waals surface area contributed by atoms with E-state index in [1.807, 2.05) is 4.90 Å². The molecular weight excluding hydrogens is 174 g/mol. The van der Waals surface area contributed by atoms with Crippen molar-refractivity contribution in [2.45, 2.75) is 32.2 Å². The summed E-state index contributed by atoms with van der Waals surface area (Å²) in [5.41, 5.74) is 6.20. The number of nitrogen functional groups attached to an aromatic ring is 1. The van der Waals surface area contributed by atoms with Gasteiger partial charge in [0, 0.05) is 18.8 Å². The summed E-state index contributed by atoms with van der Waals surface area (Å²) in [7, 11) is 0. The minimum Gasteiger partial charge on any atom is -0.397 e. The SMILES string of the molecule is [2H]c1nc([2H])c(N2CCCCC2C)c([2H])c1N. The van der Waals surface area contributed by atoms with E-state index in [0.717, 1.165) is 19.4 Å². The zero-order valence-corrected chi connectivity index (χ0v) is 8.38. The molecular formula is C11H17N3. The zero-order valence-electron chi connectivity index (χ0n) is 11.4. The summed E-state index contributed by atoms with van der Waals surface area (Å²) in [5.74, 6) is 0. The van der Waals surface area contributed by atoms with E-state index in [9.17, 15) is 0 Å². The maximum atomic E-state index is 7.96. The molecule has 0 aromatic carbocycles. The fourth-order valence-electron chi connectivity index (χ4n) is 1.89. The molecule has 0 saturated carbocycles. The van der Waals surface area contributed by atoms with Crippen molar-refractivity contribution < 1.29 is 4.11 Å². The average molecular weight is 194 g/mol. The monoisotopic (exact) mass is 194 g/mol. The number of piperidine rings is 1. The Balaban J connectivity index is 2.47. The number of aromatic nitrogens is 1. The molecule has 0 aliphatic carbocycles. The number of nitrogens with zero attached hydrogens (tertiary/aromatic N) is 2. The fourth-order valence-corrected chi connectivity index (χ4v) is 1.89. The van der Waals surface area contributed by atoms with Crippen molar-refractivity contribution in [3.8, 4) is 0 Å². The van der Waals surface area contributed by atoms with Gasteiger partial charge in [-0.15, -0.1) is 0 Å². The van der Waals surface area contributed by atoms with E-state index in [0.29, 0.717) is 11.7 Å². The lowest BCUT2D eigenvalue weighted by Crippen LogP contribution is -2.37. The van der Waals surface area contributed by atoms with Crippen LogP contribution >= 0.6 is 0 Å². The Morgan fingerprint density at radius 3 is 3.21 bits per heavy atom. The minimum absolute atomic E-state index is 0.0112. The first-order valence-electron chi connectivity index (χ1n) is 6.52. The number of hydrogen-bond acceptors (Lipinski definition) is 3. The van der Waals surface area contributed by atoms with Gasteiger partial charge < -0.3 is 10.6 Å². The molecule has 1 aromatic rings. The van der Waals surface area contributed by atoms with Gasteiger partial charge in [-0.25, -0.2) is 0 Å². The first kappa shape index (κ1) is 6.27. The molecule has 0 amide bonds. The van der Waals surface area contributed by atoms with Gasteiger partial charge in [-0.2, -0.15) is 0 Å². The van der Waals surface area contributed by atoms with Crippen LogP contribution in [0, 0.1) is 0 Å². The minimum atomic E-state index is -0.173. The number of nitrogens with two attached hydrogens (primary N) is 1. The normalized spacial score (nSPS) is 25.4. The van der Waals surface area contributed by atoms with E-state index in [2.05, 4.69) is 11.9 Å². The van der Waals surface area contributed by atoms with Gasteiger partial charge in [-0.3, -0.25) is 4.98 Å². The Kier molecular flexibility index (Phi) is 1.73. The molecule has 1 atom stereocenters. The Bertz CT molecular complexity index is 436. The molecule has 0 radical (unpaired) electrons. The van der Waals surface area contributed by atoms with Crippen molar-refractivity contribution in [2.75, 3.05) is 17.2 Å². The van der Waals surface area contributed by atoms with E-state index in [4.69, 9.17) is 9.85 Å². The van der Waals surface area contributed by atoms with Gasteiger partial charge in [0.2, 0.25) is 0 Å². The van der Waals surface area contributed by atoms with Crippen molar-refractivity contribution in [2.24, 2.45) is 0 Å².